The number of nitrogens with zero attached hydrogens (tertiary/aromatic N) is 1. The molecule has 4 aromatic carbocycles. The lowest BCUT2D eigenvalue weighted by Crippen LogP contribution is -2.24. The predicted molar refractivity (Wildman–Crippen MR) is 142 cm³/mol. The van der Waals surface area contributed by atoms with Gasteiger partial charge in [0, 0.05) is 0 Å². The number of halogens is 1. The molecular formula is C28H23BrN2O5. The van der Waals surface area contributed by atoms with Crippen molar-refractivity contribution in [3.05, 3.63) is 101 Å². The summed E-state index contributed by atoms with van der Waals surface area (Å²) in [6.07, 6.45) is 1.47. The van der Waals surface area contributed by atoms with Crippen molar-refractivity contribution in [1.82, 2.24) is 5.43 Å². The van der Waals surface area contributed by atoms with Crippen molar-refractivity contribution >= 4 is 44.8 Å². The molecule has 0 saturated heterocycles. The molecule has 0 aromatic heterocycles. The Hall–Kier alpha value is -4.17. The van der Waals surface area contributed by atoms with E-state index in [-0.39, 0.29) is 6.61 Å². The van der Waals surface area contributed by atoms with Crippen LogP contribution in [0.1, 0.15) is 22.8 Å². The summed E-state index contributed by atoms with van der Waals surface area (Å²) in [6, 6.07) is 25.3. The number of hydrogen-bond donors (Lipinski definition) is 1. The molecule has 4 aromatic rings. The van der Waals surface area contributed by atoms with Crippen molar-refractivity contribution < 1.29 is 23.8 Å². The van der Waals surface area contributed by atoms with Gasteiger partial charge >= 0.3 is 5.97 Å². The zero-order valence-corrected chi connectivity index (χ0v) is 21.0. The number of hydrogen-bond acceptors (Lipinski definition) is 6. The molecule has 182 valence electrons. The molecule has 0 spiro atoms. The van der Waals surface area contributed by atoms with Crippen molar-refractivity contribution in [1.29, 1.82) is 0 Å². The highest BCUT2D eigenvalue weighted by molar-refractivity contribution is 9.10. The maximum absolute atomic E-state index is 12.4. The van der Waals surface area contributed by atoms with Crippen LogP contribution in [0.2, 0.25) is 0 Å². The minimum atomic E-state index is -0.483. The third kappa shape index (κ3) is 6.28. The Morgan fingerprint density at radius 2 is 1.64 bits per heavy atom. The van der Waals surface area contributed by atoms with E-state index >= 15 is 0 Å². The molecule has 0 heterocycles. The summed E-state index contributed by atoms with van der Waals surface area (Å²) in [4.78, 5) is 24.6. The lowest BCUT2D eigenvalue weighted by Gasteiger charge is -2.11. The molecule has 0 bridgehead atoms. The number of carbonyl (C=O) groups is 2. The van der Waals surface area contributed by atoms with Crippen molar-refractivity contribution in [2.24, 2.45) is 5.10 Å². The molecule has 0 aliphatic carbocycles. The Labute approximate surface area is 216 Å². The Kier molecular flexibility index (Phi) is 8.31. The summed E-state index contributed by atoms with van der Waals surface area (Å²) in [5.41, 5.74) is 3.53. The summed E-state index contributed by atoms with van der Waals surface area (Å²) < 4.78 is 17.5. The molecule has 7 nitrogen and oxygen atoms in total. The standard InChI is InChI=1S/C28H23BrN2O5/c1-2-34-25-16-19(12-14-23(25)36-28(33)21-9-4-3-5-10-21)17-30-31-26(32)18-35-24-15-13-20-8-6-7-11-22(20)27(24)29/h3-17H,2,18H2,1H3,(H,31,32)/b30-17-. The zero-order chi connectivity index (χ0) is 25.3. The molecule has 0 unspecified atom stereocenters. The van der Waals surface area contributed by atoms with Crippen LogP contribution in [0, 0.1) is 0 Å². The molecule has 8 heteroatoms. The number of fused-ring (bicyclic) bond motifs is 1. The molecular weight excluding hydrogens is 524 g/mol. The summed E-state index contributed by atoms with van der Waals surface area (Å²) in [7, 11) is 0. The van der Waals surface area contributed by atoms with Crippen LogP contribution in [0.3, 0.4) is 0 Å². The maximum Gasteiger partial charge on any atom is 0.343 e. The monoisotopic (exact) mass is 546 g/mol. The average Bonchev–Trinajstić information content (AvgIpc) is 2.90. The van der Waals surface area contributed by atoms with Crippen molar-refractivity contribution in [3.63, 3.8) is 0 Å². The molecule has 1 N–H and O–H groups in total. The van der Waals surface area contributed by atoms with E-state index in [1.54, 1.807) is 42.5 Å². The first kappa shape index (κ1) is 24.9. The van der Waals surface area contributed by atoms with Gasteiger partial charge in [-0.2, -0.15) is 5.10 Å². The first-order chi connectivity index (χ1) is 17.5. The highest BCUT2D eigenvalue weighted by Gasteiger charge is 2.13. The van der Waals surface area contributed by atoms with Gasteiger partial charge in [0.1, 0.15) is 5.75 Å². The second-order valence-electron chi connectivity index (χ2n) is 7.58. The Morgan fingerprint density at radius 1 is 0.889 bits per heavy atom. The summed E-state index contributed by atoms with van der Waals surface area (Å²) in [5, 5.41) is 6.05. The molecule has 0 radical (unpaired) electrons. The fraction of sp³-hybridized carbons (Fsp3) is 0.107. The van der Waals surface area contributed by atoms with Gasteiger partial charge in [-0.25, -0.2) is 10.2 Å². The van der Waals surface area contributed by atoms with Gasteiger partial charge in [0.15, 0.2) is 18.1 Å². The number of carbonyl (C=O) groups excluding carboxylic acids is 2. The Morgan fingerprint density at radius 3 is 2.44 bits per heavy atom. The maximum atomic E-state index is 12.4. The molecule has 0 aliphatic rings. The van der Waals surface area contributed by atoms with E-state index in [1.165, 1.54) is 6.21 Å². The van der Waals surface area contributed by atoms with E-state index in [9.17, 15) is 9.59 Å². The SMILES string of the molecule is CCOc1cc(/C=N\NC(=O)COc2ccc3ccccc3c2Br)ccc1OC(=O)c1ccccc1. The molecule has 4 rings (SSSR count). The van der Waals surface area contributed by atoms with Crippen LogP contribution in [0.15, 0.2) is 94.5 Å². The van der Waals surface area contributed by atoms with Crippen LogP contribution in [0.25, 0.3) is 10.8 Å². The topological polar surface area (TPSA) is 86.2 Å². The molecule has 36 heavy (non-hydrogen) atoms. The minimum absolute atomic E-state index is 0.202. The first-order valence-corrected chi connectivity index (χ1v) is 12.0. The second kappa shape index (κ2) is 12.0. The van der Waals surface area contributed by atoms with Crippen molar-refractivity contribution in [3.8, 4) is 17.2 Å². The summed E-state index contributed by atoms with van der Waals surface area (Å²) in [5.74, 6) is 0.352. The number of rotatable bonds is 9. The van der Waals surface area contributed by atoms with Gasteiger partial charge in [0.05, 0.1) is 22.9 Å². The average molecular weight is 547 g/mol. The third-order valence-corrected chi connectivity index (χ3v) is 5.89. The van der Waals surface area contributed by atoms with Crippen LogP contribution in [-0.4, -0.2) is 31.3 Å². The fourth-order valence-corrected chi connectivity index (χ4v) is 3.98. The Balaban J connectivity index is 1.35. The quantitative estimate of drug-likeness (QED) is 0.125. The molecule has 0 aliphatic heterocycles. The first-order valence-electron chi connectivity index (χ1n) is 11.2. The van der Waals surface area contributed by atoms with Crippen LogP contribution in [0.5, 0.6) is 17.2 Å². The van der Waals surface area contributed by atoms with Crippen LogP contribution < -0.4 is 19.6 Å². The van der Waals surface area contributed by atoms with Gasteiger partial charge in [-0.15, -0.1) is 0 Å². The van der Waals surface area contributed by atoms with Gasteiger partial charge in [0.2, 0.25) is 0 Å². The highest BCUT2D eigenvalue weighted by atomic mass is 79.9. The van der Waals surface area contributed by atoms with Crippen LogP contribution in [0.4, 0.5) is 0 Å². The van der Waals surface area contributed by atoms with E-state index < -0.39 is 11.9 Å². The van der Waals surface area contributed by atoms with E-state index in [4.69, 9.17) is 14.2 Å². The lowest BCUT2D eigenvalue weighted by molar-refractivity contribution is -0.123. The molecule has 0 atom stereocenters. The minimum Gasteiger partial charge on any atom is -0.490 e. The normalized spacial score (nSPS) is 10.8. The summed E-state index contributed by atoms with van der Waals surface area (Å²) >= 11 is 3.54. The van der Waals surface area contributed by atoms with Crippen molar-refractivity contribution in [2.75, 3.05) is 13.2 Å². The lowest BCUT2D eigenvalue weighted by atomic mass is 10.1. The number of esters is 1. The fourth-order valence-electron chi connectivity index (χ4n) is 3.37. The van der Waals surface area contributed by atoms with Gasteiger partial charge in [0.25, 0.3) is 5.91 Å². The van der Waals surface area contributed by atoms with Gasteiger partial charge < -0.3 is 14.2 Å². The van der Waals surface area contributed by atoms with E-state index in [2.05, 4.69) is 26.5 Å². The van der Waals surface area contributed by atoms with E-state index in [0.29, 0.717) is 35.0 Å². The van der Waals surface area contributed by atoms with E-state index in [1.807, 2.05) is 49.4 Å². The van der Waals surface area contributed by atoms with Crippen molar-refractivity contribution in [2.45, 2.75) is 6.92 Å². The molecule has 0 saturated carbocycles. The smallest absolute Gasteiger partial charge is 0.343 e. The van der Waals surface area contributed by atoms with Gasteiger partial charge in [-0.1, -0.05) is 48.5 Å². The van der Waals surface area contributed by atoms with Crippen LogP contribution >= 0.6 is 15.9 Å². The number of hydrazone groups is 1. The predicted octanol–water partition coefficient (Wildman–Crippen LogP) is 5.75. The van der Waals surface area contributed by atoms with E-state index in [0.717, 1.165) is 15.2 Å². The third-order valence-electron chi connectivity index (χ3n) is 5.07. The zero-order valence-electron chi connectivity index (χ0n) is 19.4. The van der Waals surface area contributed by atoms with Gasteiger partial charge in [-0.3, -0.25) is 4.79 Å². The highest BCUT2D eigenvalue weighted by Crippen LogP contribution is 2.33. The number of amides is 1. The molecule has 1 amide bonds. The number of nitrogens with one attached hydrogen (secondary N) is 1. The number of benzene rings is 4. The largest absolute Gasteiger partial charge is 0.490 e. The van der Waals surface area contributed by atoms with Crippen LogP contribution in [-0.2, 0) is 4.79 Å². The number of ether oxygens (including phenoxy) is 3. The summed E-state index contributed by atoms with van der Waals surface area (Å²) in [6.45, 7) is 2.01. The second-order valence-corrected chi connectivity index (χ2v) is 8.37. The van der Waals surface area contributed by atoms with Gasteiger partial charge in [-0.05, 0) is 75.6 Å². The molecule has 0 fully saturated rings. The Bertz CT molecular complexity index is 1410.